The van der Waals surface area contributed by atoms with Gasteiger partial charge in [-0.2, -0.15) is 5.26 Å². The van der Waals surface area contributed by atoms with Crippen molar-refractivity contribution in [3.63, 3.8) is 0 Å². The molecule has 2 rings (SSSR count). The van der Waals surface area contributed by atoms with Crippen LogP contribution >= 0.6 is 0 Å². The number of amides is 1. The Labute approximate surface area is 102 Å². The molecule has 0 unspecified atom stereocenters. The summed E-state index contributed by atoms with van der Waals surface area (Å²) in [5, 5.41) is 11.0. The molecule has 0 aliphatic rings. The van der Waals surface area contributed by atoms with Crippen LogP contribution in [0, 0.1) is 11.3 Å². The van der Waals surface area contributed by atoms with Crippen LogP contribution < -0.4 is 11.1 Å². The molecular formula is C10H11N7O. The van der Waals surface area contributed by atoms with Gasteiger partial charge in [0.25, 0.3) is 0 Å². The van der Waals surface area contributed by atoms with Crippen molar-refractivity contribution in [2.24, 2.45) is 0 Å². The number of nitrogens with one attached hydrogen (secondary N) is 1. The molecule has 2 aromatic heterocycles. The minimum Gasteiger partial charge on any atom is -0.382 e. The first-order chi connectivity index (χ1) is 8.72. The van der Waals surface area contributed by atoms with Crippen molar-refractivity contribution in [2.45, 2.75) is 13.0 Å². The van der Waals surface area contributed by atoms with E-state index in [-0.39, 0.29) is 24.7 Å². The zero-order chi connectivity index (χ0) is 13.0. The summed E-state index contributed by atoms with van der Waals surface area (Å²) in [6.45, 7) is 0.414. The van der Waals surface area contributed by atoms with Crippen molar-refractivity contribution in [1.29, 1.82) is 5.26 Å². The van der Waals surface area contributed by atoms with Crippen molar-refractivity contribution < 1.29 is 4.79 Å². The fourth-order valence-electron chi connectivity index (χ4n) is 1.48. The van der Waals surface area contributed by atoms with Crippen LogP contribution in [-0.2, 0) is 11.3 Å². The highest BCUT2D eigenvalue weighted by Gasteiger charge is 2.10. The maximum Gasteiger partial charge on any atom is 0.240 e. The second-order valence-electron chi connectivity index (χ2n) is 3.56. The van der Waals surface area contributed by atoms with Gasteiger partial charge >= 0.3 is 0 Å². The lowest BCUT2D eigenvalue weighted by Crippen LogP contribution is -2.28. The Morgan fingerprint density at radius 3 is 3.11 bits per heavy atom. The summed E-state index contributed by atoms with van der Waals surface area (Å²) in [5.41, 5.74) is 6.62. The molecule has 0 atom stereocenters. The van der Waals surface area contributed by atoms with Crippen LogP contribution in [0.1, 0.15) is 6.42 Å². The molecule has 2 aromatic rings. The number of hydrogen-bond donors (Lipinski definition) is 2. The minimum atomic E-state index is -0.207. The highest BCUT2D eigenvalue weighted by atomic mass is 16.1. The second-order valence-corrected chi connectivity index (χ2v) is 3.56. The number of aromatic nitrogens is 4. The smallest absolute Gasteiger partial charge is 0.240 e. The molecule has 0 radical (unpaired) electrons. The summed E-state index contributed by atoms with van der Waals surface area (Å²) in [6.07, 6.45) is 3.09. The van der Waals surface area contributed by atoms with E-state index in [4.69, 9.17) is 11.0 Å². The van der Waals surface area contributed by atoms with Crippen molar-refractivity contribution in [1.82, 2.24) is 24.8 Å². The summed E-state index contributed by atoms with van der Waals surface area (Å²) in [7, 11) is 0. The second kappa shape index (κ2) is 5.09. The predicted octanol–water partition coefficient (Wildman–Crippen LogP) is -0.562. The van der Waals surface area contributed by atoms with Gasteiger partial charge in [0.1, 0.15) is 18.4 Å². The summed E-state index contributed by atoms with van der Waals surface area (Å²) >= 11 is 0. The quantitative estimate of drug-likeness (QED) is 0.696. The highest BCUT2D eigenvalue weighted by molar-refractivity contribution is 5.83. The third-order valence-electron chi connectivity index (χ3n) is 2.30. The van der Waals surface area contributed by atoms with E-state index in [1.165, 1.54) is 12.7 Å². The van der Waals surface area contributed by atoms with E-state index in [1.54, 1.807) is 4.57 Å². The van der Waals surface area contributed by atoms with Gasteiger partial charge in [0.2, 0.25) is 5.91 Å². The van der Waals surface area contributed by atoms with Crippen LogP contribution in [0.25, 0.3) is 11.2 Å². The van der Waals surface area contributed by atoms with E-state index >= 15 is 0 Å². The van der Waals surface area contributed by atoms with E-state index in [0.29, 0.717) is 17.7 Å². The largest absolute Gasteiger partial charge is 0.382 e. The van der Waals surface area contributed by atoms with Gasteiger partial charge in [-0.3, -0.25) is 4.79 Å². The van der Waals surface area contributed by atoms with E-state index in [2.05, 4.69) is 20.3 Å². The minimum absolute atomic E-state index is 0.0817. The predicted molar refractivity (Wildman–Crippen MR) is 63.0 cm³/mol. The molecule has 8 nitrogen and oxygen atoms in total. The van der Waals surface area contributed by atoms with Gasteiger partial charge in [0.05, 0.1) is 18.8 Å². The molecule has 0 spiro atoms. The average molecular weight is 245 g/mol. The normalized spacial score (nSPS) is 10.2. The fraction of sp³-hybridized carbons (Fsp3) is 0.300. The standard InChI is InChI=1S/C10H11N7O/c11-2-1-3-13-7(18)4-17-6-16-8-9(12)14-5-15-10(8)17/h5-6H,1,3-4H2,(H,13,18)(H2,12,14,15). The maximum absolute atomic E-state index is 11.6. The number of fused-ring (bicyclic) bond motifs is 1. The molecule has 2 heterocycles. The van der Waals surface area contributed by atoms with Gasteiger partial charge in [-0.25, -0.2) is 15.0 Å². The monoisotopic (exact) mass is 245 g/mol. The first-order valence-electron chi connectivity index (χ1n) is 5.27. The Balaban J connectivity index is 2.11. The SMILES string of the molecule is N#CCCNC(=O)Cn1cnc2c(N)ncnc21. The van der Waals surface area contributed by atoms with Crippen LogP contribution in [-0.4, -0.2) is 32.0 Å². The lowest BCUT2D eigenvalue weighted by Gasteiger charge is -2.04. The van der Waals surface area contributed by atoms with Gasteiger partial charge in [0, 0.05) is 6.54 Å². The Morgan fingerprint density at radius 2 is 2.33 bits per heavy atom. The lowest BCUT2D eigenvalue weighted by molar-refractivity contribution is -0.121. The number of hydrogen-bond acceptors (Lipinski definition) is 6. The molecule has 3 N–H and O–H groups in total. The molecule has 0 fully saturated rings. The fourth-order valence-corrected chi connectivity index (χ4v) is 1.48. The van der Waals surface area contributed by atoms with Crippen LogP contribution in [0.15, 0.2) is 12.7 Å². The van der Waals surface area contributed by atoms with Crippen LogP contribution in [0.4, 0.5) is 5.82 Å². The van der Waals surface area contributed by atoms with Gasteiger partial charge in [-0.05, 0) is 0 Å². The number of nitrogens with zero attached hydrogens (tertiary/aromatic N) is 5. The molecule has 0 aliphatic carbocycles. The van der Waals surface area contributed by atoms with E-state index in [1.807, 2.05) is 6.07 Å². The Kier molecular flexibility index (Phi) is 3.33. The third kappa shape index (κ3) is 2.35. The van der Waals surface area contributed by atoms with Crippen molar-refractivity contribution in [2.75, 3.05) is 12.3 Å². The molecule has 0 aliphatic heterocycles. The number of imidazole rings is 1. The summed E-state index contributed by atoms with van der Waals surface area (Å²) < 4.78 is 1.58. The number of carbonyl (C=O) groups excluding carboxylic acids is 1. The number of nitrogen functional groups attached to an aromatic ring is 1. The van der Waals surface area contributed by atoms with E-state index in [0.717, 1.165) is 0 Å². The first-order valence-corrected chi connectivity index (χ1v) is 5.27. The maximum atomic E-state index is 11.6. The van der Waals surface area contributed by atoms with Gasteiger partial charge in [-0.15, -0.1) is 0 Å². The molecule has 0 aromatic carbocycles. The number of nitriles is 1. The van der Waals surface area contributed by atoms with Crippen molar-refractivity contribution in [3.05, 3.63) is 12.7 Å². The topological polar surface area (TPSA) is 123 Å². The summed E-state index contributed by atoms with van der Waals surface area (Å²) in [6, 6.07) is 1.95. The summed E-state index contributed by atoms with van der Waals surface area (Å²) in [4.78, 5) is 23.5. The molecule has 0 saturated carbocycles. The molecule has 92 valence electrons. The van der Waals surface area contributed by atoms with Crippen LogP contribution in [0.3, 0.4) is 0 Å². The van der Waals surface area contributed by atoms with E-state index in [9.17, 15) is 4.79 Å². The van der Waals surface area contributed by atoms with Gasteiger partial charge < -0.3 is 15.6 Å². The molecule has 1 amide bonds. The zero-order valence-electron chi connectivity index (χ0n) is 9.50. The number of anilines is 1. The third-order valence-corrected chi connectivity index (χ3v) is 2.30. The molecular weight excluding hydrogens is 234 g/mol. The average Bonchev–Trinajstić information content (AvgIpc) is 2.74. The number of nitrogens with two attached hydrogens (primary N) is 1. The van der Waals surface area contributed by atoms with Crippen molar-refractivity contribution in [3.8, 4) is 6.07 Å². The molecule has 8 heteroatoms. The molecule has 18 heavy (non-hydrogen) atoms. The van der Waals surface area contributed by atoms with Crippen LogP contribution in [0.5, 0.6) is 0 Å². The van der Waals surface area contributed by atoms with Gasteiger partial charge in [-0.1, -0.05) is 0 Å². The van der Waals surface area contributed by atoms with Crippen molar-refractivity contribution >= 4 is 22.9 Å². The molecule has 0 bridgehead atoms. The zero-order valence-corrected chi connectivity index (χ0v) is 9.50. The lowest BCUT2D eigenvalue weighted by atomic mass is 10.4. The highest BCUT2D eigenvalue weighted by Crippen LogP contribution is 2.13. The Morgan fingerprint density at radius 1 is 1.50 bits per heavy atom. The number of carbonyl (C=O) groups is 1. The summed E-state index contributed by atoms with van der Waals surface area (Å²) in [5.74, 6) is 0.0744. The van der Waals surface area contributed by atoms with Gasteiger partial charge in [0.15, 0.2) is 11.5 Å². The first kappa shape index (κ1) is 11.8. The van der Waals surface area contributed by atoms with Crippen LogP contribution in [0.2, 0.25) is 0 Å². The Bertz CT molecular complexity index is 612. The molecule has 0 saturated heterocycles. The van der Waals surface area contributed by atoms with E-state index < -0.39 is 0 Å². The Hall–Kier alpha value is -2.69. The number of rotatable bonds is 4.